The number of likely N-dealkylation sites (tertiary alicyclic amines) is 1. The van der Waals surface area contributed by atoms with E-state index < -0.39 is 0 Å². The van der Waals surface area contributed by atoms with Gasteiger partial charge in [0.1, 0.15) is 11.5 Å². The second-order valence-electron chi connectivity index (χ2n) is 7.49. The Kier molecular flexibility index (Phi) is 6.47. The van der Waals surface area contributed by atoms with Crippen LogP contribution in [0.15, 0.2) is 78.9 Å². The molecule has 1 saturated heterocycles. The number of benzene rings is 3. The quantitative estimate of drug-likeness (QED) is 0.575. The molecule has 0 spiro atoms. The Morgan fingerprint density at radius 3 is 2.48 bits per heavy atom. The third-order valence-corrected chi connectivity index (χ3v) is 5.06. The van der Waals surface area contributed by atoms with Crippen molar-refractivity contribution in [2.24, 2.45) is 0 Å². The fourth-order valence-corrected chi connectivity index (χ4v) is 3.55. The van der Waals surface area contributed by atoms with Gasteiger partial charge < -0.3 is 20.3 Å². The van der Waals surface area contributed by atoms with E-state index >= 15 is 0 Å². The standard InChI is InChI=1S/C25H25N3O3/c29-24-13-6-14-28(24)18-20-8-4-7-19(15-20)17-26-25(30)27-21-9-5-12-23(16-21)31-22-10-2-1-3-11-22/h1-5,7-12,15-16H,6,13-14,17-18H2,(H2,26,27,30). The van der Waals surface area contributed by atoms with Crippen LogP contribution < -0.4 is 15.4 Å². The molecule has 31 heavy (non-hydrogen) atoms. The number of hydrogen-bond donors (Lipinski definition) is 2. The molecule has 0 aliphatic carbocycles. The lowest BCUT2D eigenvalue weighted by atomic mass is 10.1. The molecule has 2 N–H and O–H groups in total. The van der Waals surface area contributed by atoms with Crippen molar-refractivity contribution in [3.8, 4) is 11.5 Å². The van der Waals surface area contributed by atoms with Crippen LogP contribution in [0.5, 0.6) is 11.5 Å². The number of nitrogens with zero attached hydrogens (tertiary/aromatic N) is 1. The van der Waals surface area contributed by atoms with Gasteiger partial charge in [0.05, 0.1) is 0 Å². The van der Waals surface area contributed by atoms with E-state index in [1.54, 1.807) is 6.07 Å². The summed E-state index contributed by atoms with van der Waals surface area (Å²) >= 11 is 0. The second kappa shape index (κ2) is 9.80. The lowest BCUT2D eigenvalue weighted by Crippen LogP contribution is -2.28. The first-order valence-corrected chi connectivity index (χ1v) is 10.4. The first-order chi connectivity index (χ1) is 15.2. The largest absolute Gasteiger partial charge is 0.457 e. The molecule has 6 nitrogen and oxygen atoms in total. The monoisotopic (exact) mass is 415 g/mol. The zero-order valence-electron chi connectivity index (χ0n) is 17.2. The van der Waals surface area contributed by atoms with Crippen LogP contribution >= 0.6 is 0 Å². The van der Waals surface area contributed by atoms with Gasteiger partial charge in [-0.1, -0.05) is 48.5 Å². The predicted octanol–water partition coefficient (Wildman–Crippen LogP) is 4.92. The molecule has 6 heteroatoms. The number of urea groups is 1. The summed E-state index contributed by atoms with van der Waals surface area (Å²) in [5, 5.41) is 5.71. The summed E-state index contributed by atoms with van der Waals surface area (Å²) in [6.07, 6.45) is 1.57. The minimum Gasteiger partial charge on any atom is -0.457 e. The van der Waals surface area contributed by atoms with Crippen molar-refractivity contribution in [1.82, 2.24) is 10.2 Å². The maximum atomic E-state index is 12.3. The van der Waals surface area contributed by atoms with Crippen LogP contribution in [0.3, 0.4) is 0 Å². The molecular weight excluding hydrogens is 390 g/mol. The van der Waals surface area contributed by atoms with E-state index in [0.29, 0.717) is 30.9 Å². The summed E-state index contributed by atoms with van der Waals surface area (Å²) in [5.74, 6) is 1.59. The number of anilines is 1. The Morgan fingerprint density at radius 2 is 1.68 bits per heavy atom. The van der Waals surface area contributed by atoms with E-state index in [-0.39, 0.29) is 11.9 Å². The number of para-hydroxylation sites is 1. The number of hydrogen-bond acceptors (Lipinski definition) is 3. The highest BCUT2D eigenvalue weighted by molar-refractivity contribution is 5.89. The van der Waals surface area contributed by atoms with Gasteiger partial charge in [-0.25, -0.2) is 4.79 Å². The first kappa shape index (κ1) is 20.5. The van der Waals surface area contributed by atoms with Gasteiger partial charge in [0.25, 0.3) is 0 Å². The lowest BCUT2D eigenvalue weighted by molar-refractivity contribution is -0.128. The van der Waals surface area contributed by atoms with Gasteiger partial charge in [0.15, 0.2) is 0 Å². The highest BCUT2D eigenvalue weighted by Gasteiger charge is 2.19. The molecule has 1 aliphatic rings. The summed E-state index contributed by atoms with van der Waals surface area (Å²) in [6.45, 7) is 1.83. The molecule has 0 radical (unpaired) electrons. The average molecular weight is 415 g/mol. The van der Waals surface area contributed by atoms with Gasteiger partial charge >= 0.3 is 6.03 Å². The summed E-state index contributed by atoms with van der Waals surface area (Å²) in [7, 11) is 0. The van der Waals surface area contributed by atoms with E-state index in [9.17, 15) is 9.59 Å². The minimum atomic E-state index is -0.294. The third kappa shape index (κ3) is 5.85. The molecule has 0 unspecified atom stereocenters. The Bertz CT molecular complexity index is 1050. The number of carbonyl (C=O) groups excluding carboxylic acids is 2. The van der Waals surface area contributed by atoms with Crippen molar-refractivity contribution in [1.29, 1.82) is 0 Å². The minimum absolute atomic E-state index is 0.210. The Morgan fingerprint density at radius 1 is 0.903 bits per heavy atom. The highest BCUT2D eigenvalue weighted by Crippen LogP contribution is 2.23. The molecule has 1 aliphatic heterocycles. The van der Waals surface area contributed by atoms with Gasteiger partial charge in [0.2, 0.25) is 5.91 Å². The van der Waals surface area contributed by atoms with Gasteiger partial charge in [0, 0.05) is 37.8 Å². The topological polar surface area (TPSA) is 70.7 Å². The Labute approximate surface area is 181 Å². The molecule has 3 aromatic rings. The number of ether oxygens (including phenoxy) is 1. The molecule has 1 heterocycles. The molecule has 0 aromatic heterocycles. The van der Waals surface area contributed by atoms with Crippen molar-refractivity contribution in [3.63, 3.8) is 0 Å². The molecule has 0 atom stereocenters. The summed E-state index contributed by atoms with van der Waals surface area (Å²) < 4.78 is 5.81. The van der Waals surface area contributed by atoms with Crippen molar-refractivity contribution >= 4 is 17.6 Å². The zero-order chi connectivity index (χ0) is 21.5. The highest BCUT2D eigenvalue weighted by atomic mass is 16.5. The van der Waals surface area contributed by atoms with Crippen LogP contribution in [0.25, 0.3) is 0 Å². The predicted molar refractivity (Wildman–Crippen MR) is 120 cm³/mol. The molecule has 3 amide bonds. The fraction of sp³-hybridized carbons (Fsp3) is 0.200. The number of carbonyl (C=O) groups is 2. The fourth-order valence-electron chi connectivity index (χ4n) is 3.55. The van der Waals surface area contributed by atoms with Crippen molar-refractivity contribution in [3.05, 3.63) is 90.0 Å². The normalized spacial score (nSPS) is 13.2. The van der Waals surface area contributed by atoms with Gasteiger partial charge in [-0.15, -0.1) is 0 Å². The summed E-state index contributed by atoms with van der Waals surface area (Å²) in [5.41, 5.74) is 2.70. The van der Waals surface area contributed by atoms with E-state index in [0.717, 1.165) is 29.8 Å². The van der Waals surface area contributed by atoms with Gasteiger partial charge in [-0.3, -0.25) is 4.79 Å². The van der Waals surface area contributed by atoms with Crippen LogP contribution in [0.1, 0.15) is 24.0 Å². The van der Waals surface area contributed by atoms with Crippen LogP contribution in [0.4, 0.5) is 10.5 Å². The Balaban J connectivity index is 1.30. The number of amides is 3. The smallest absolute Gasteiger partial charge is 0.319 e. The van der Waals surface area contributed by atoms with Crippen LogP contribution in [-0.4, -0.2) is 23.4 Å². The summed E-state index contributed by atoms with van der Waals surface area (Å²) in [4.78, 5) is 26.1. The van der Waals surface area contributed by atoms with Gasteiger partial charge in [-0.2, -0.15) is 0 Å². The van der Waals surface area contributed by atoms with Crippen molar-refractivity contribution < 1.29 is 14.3 Å². The number of rotatable bonds is 7. The SMILES string of the molecule is O=C(NCc1cccc(CN2CCCC2=O)c1)Nc1cccc(Oc2ccccc2)c1. The van der Waals surface area contributed by atoms with Crippen LogP contribution in [0.2, 0.25) is 0 Å². The van der Waals surface area contributed by atoms with E-state index in [1.807, 2.05) is 77.7 Å². The molecule has 1 fully saturated rings. The maximum Gasteiger partial charge on any atom is 0.319 e. The van der Waals surface area contributed by atoms with E-state index in [2.05, 4.69) is 10.6 Å². The van der Waals surface area contributed by atoms with Crippen LogP contribution in [-0.2, 0) is 17.9 Å². The maximum absolute atomic E-state index is 12.3. The second-order valence-corrected chi connectivity index (χ2v) is 7.49. The zero-order valence-corrected chi connectivity index (χ0v) is 17.2. The molecule has 158 valence electrons. The summed E-state index contributed by atoms with van der Waals surface area (Å²) in [6, 6.07) is 24.4. The molecule has 3 aromatic carbocycles. The molecule has 0 bridgehead atoms. The van der Waals surface area contributed by atoms with Crippen LogP contribution in [0, 0.1) is 0 Å². The lowest BCUT2D eigenvalue weighted by Gasteiger charge is -2.16. The van der Waals surface area contributed by atoms with Crippen molar-refractivity contribution in [2.45, 2.75) is 25.9 Å². The van der Waals surface area contributed by atoms with Crippen molar-refractivity contribution in [2.75, 3.05) is 11.9 Å². The third-order valence-electron chi connectivity index (χ3n) is 5.06. The van der Waals surface area contributed by atoms with E-state index in [4.69, 9.17) is 4.74 Å². The van der Waals surface area contributed by atoms with Gasteiger partial charge in [-0.05, 0) is 41.8 Å². The van der Waals surface area contributed by atoms with E-state index in [1.165, 1.54) is 0 Å². The molecule has 0 saturated carbocycles. The first-order valence-electron chi connectivity index (χ1n) is 10.4. The average Bonchev–Trinajstić information content (AvgIpc) is 3.18. The number of nitrogens with one attached hydrogen (secondary N) is 2. The molecule has 4 rings (SSSR count). The Hall–Kier alpha value is -3.80. The molecular formula is C25H25N3O3.